The molecule has 0 bridgehead atoms. The van der Waals surface area contributed by atoms with Crippen molar-refractivity contribution in [2.24, 2.45) is 0 Å². The Morgan fingerprint density at radius 2 is 2.33 bits per heavy atom. The third kappa shape index (κ3) is 4.06. The van der Waals surface area contributed by atoms with E-state index >= 15 is 0 Å². The first-order chi connectivity index (χ1) is 9.95. The lowest BCUT2D eigenvalue weighted by atomic mass is 10.0. The van der Waals surface area contributed by atoms with E-state index in [-0.39, 0.29) is 23.1 Å². The van der Waals surface area contributed by atoms with Gasteiger partial charge in [-0.1, -0.05) is 17.7 Å². The zero-order valence-electron chi connectivity index (χ0n) is 11.6. The van der Waals surface area contributed by atoms with Crippen LogP contribution in [-0.2, 0) is 0 Å². The van der Waals surface area contributed by atoms with E-state index in [1.54, 1.807) is 6.92 Å². The van der Waals surface area contributed by atoms with E-state index in [2.05, 4.69) is 11.4 Å². The topological polar surface area (TPSA) is 88.2 Å². The molecule has 1 aromatic carbocycles. The van der Waals surface area contributed by atoms with Crippen LogP contribution in [0, 0.1) is 21.4 Å². The maximum Gasteiger partial charge on any atom is 0.312 e. The fourth-order valence-electron chi connectivity index (χ4n) is 1.98. The van der Waals surface area contributed by atoms with Gasteiger partial charge in [0.1, 0.15) is 5.54 Å². The summed E-state index contributed by atoms with van der Waals surface area (Å²) in [7, 11) is 0. The van der Waals surface area contributed by atoms with Crippen LogP contribution < -0.4 is 10.1 Å². The van der Waals surface area contributed by atoms with Gasteiger partial charge in [0.2, 0.25) is 5.75 Å². The number of nitrogens with zero attached hydrogens (tertiary/aromatic N) is 2. The van der Waals surface area contributed by atoms with Gasteiger partial charge < -0.3 is 4.74 Å². The Labute approximate surface area is 127 Å². The standard InChI is InChI=1S/C14H16ClN3O3/c1-14(9-16,17-10-5-6-10)7-8-21-13-11(15)3-2-4-12(13)18(19)20/h2-4,10,17H,5-8H2,1H3. The normalized spacial score (nSPS) is 16.8. The molecule has 21 heavy (non-hydrogen) atoms. The zero-order chi connectivity index (χ0) is 15.5. The second-order valence-electron chi connectivity index (χ2n) is 5.31. The minimum Gasteiger partial charge on any atom is -0.486 e. The number of ether oxygens (including phenoxy) is 1. The lowest BCUT2D eigenvalue weighted by Gasteiger charge is -2.23. The van der Waals surface area contributed by atoms with Crippen LogP contribution in [0.15, 0.2) is 18.2 Å². The van der Waals surface area contributed by atoms with Crippen LogP contribution in [0.2, 0.25) is 5.02 Å². The van der Waals surface area contributed by atoms with Crippen LogP contribution in [0.1, 0.15) is 26.2 Å². The van der Waals surface area contributed by atoms with Crippen molar-refractivity contribution in [3.63, 3.8) is 0 Å². The Morgan fingerprint density at radius 1 is 1.62 bits per heavy atom. The molecular weight excluding hydrogens is 294 g/mol. The van der Waals surface area contributed by atoms with Crippen molar-refractivity contribution in [3.05, 3.63) is 33.3 Å². The maximum absolute atomic E-state index is 10.9. The van der Waals surface area contributed by atoms with Crippen molar-refractivity contribution in [1.82, 2.24) is 5.32 Å². The van der Waals surface area contributed by atoms with E-state index in [0.29, 0.717) is 12.5 Å². The van der Waals surface area contributed by atoms with Gasteiger partial charge in [-0.3, -0.25) is 15.4 Å². The van der Waals surface area contributed by atoms with Gasteiger partial charge in [-0.2, -0.15) is 5.26 Å². The fraction of sp³-hybridized carbons (Fsp3) is 0.500. The van der Waals surface area contributed by atoms with Gasteiger partial charge in [0.15, 0.2) is 0 Å². The van der Waals surface area contributed by atoms with Crippen molar-refractivity contribution in [3.8, 4) is 11.8 Å². The average Bonchev–Trinajstić information content (AvgIpc) is 3.24. The molecule has 1 aliphatic rings. The first-order valence-corrected chi connectivity index (χ1v) is 7.07. The second kappa shape index (κ2) is 6.29. The van der Waals surface area contributed by atoms with E-state index in [4.69, 9.17) is 16.3 Å². The number of halogens is 1. The highest BCUT2D eigenvalue weighted by atomic mass is 35.5. The fourth-order valence-corrected chi connectivity index (χ4v) is 2.20. The van der Waals surface area contributed by atoms with Crippen LogP contribution in [0.4, 0.5) is 5.69 Å². The van der Waals surface area contributed by atoms with Gasteiger partial charge in [-0.25, -0.2) is 0 Å². The first-order valence-electron chi connectivity index (χ1n) is 6.70. The molecule has 1 saturated carbocycles. The Morgan fingerprint density at radius 3 is 2.90 bits per heavy atom. The quantitative estimate of drug-likeness (QED) is 0.617. The molecule has 0 spiro atoms. The highest BCUT2D eigenvalue weighted by molar-refractivity contribution is 6.32. The summed E-state index contributed by atoms with van der Waals surface area (Å²) in [6.07, 6.45) is 2.57. The molecule has 1 atom stereocenters. The molecule has 0 amide bonds. The Balaban J connectivity index is 2.00. The number of benzene rings is 1. The van der Waals surface area contributed by atoms with Crippen molar-refractivity contribution in [2.45, 2.75) is 37.8 Å². The number of nitro groups is 1. The molecule has 0 saturated heterocycles. The van der Waals surface area contributed by atoms with Crippen LogP contribution in [0.25, 0.3) is 0 Å². The molecule has 1 unspecified atom stereocenters. The summed E-state index contributed by atoms with van der Waals surface area (Å²) in [6.45, 7) is 1.98. The van der Waals surface area contributed by atoms with Crippen molar-refractivity contribution >= 4 is 17.3 Å². The molecule has 0 aromatic heterocycles. The van der Waals surface area contributed by atoms with Crippen LogP contribution in [0.3, 0.4) is 0 Å². The number of nitrogens with one attached hydrogen (secondary N) is 1. The summed E-state index contributed by atoms with van der Waals surface area (Å²) < 4.78 is 5.46. The largest absolute Gasteiger partial charge is 0.486 e. The predicted molar refractivity (Wildman–Crippen MR) is 78.4 cm³/mol. The molecule has 6 nitrogen and oxygen atoms in total. The number of hydrogen-bond donors (Lipinski definition) is 1. The molecule has 0 radical (unpaired) electrons. The van der Waals surface area contributed by atoms with Crippen molar-refractivity contribution in [1.29, 1.82) is 5.26 Å². The summed E-state index contributed by atoms with van der Waals surface area (Å²) in [5.74, 6) is 0.0517. The SMILES string of the molecule is CC(C#N)(CCOc1c(Cl)cccc1[N+](=O)[O-])NC1CC1. The van der Waals surface area contributed by atoms with Crippen LogP contribution in [-0.4, -0.2) is 23.1 Å². The monoisotopic (exact) mass is 309 g/mol. The zero-order valence-corrected chi connectivity index (χ0v) is 12.4. The summed E-state index contributed by atoms with van der Waals surface area (Å²) in [6, 6.07) is 7.00. The van der Waals surface area contributed by atoms with Gasteiger partial charge in [0, 0.05) is 18.5 Å². The van der Waals surface area contributed by atoms with E-state index in [1.807, 2.05) is 0 Å². The van der Waals surface area contributed by atoms with E-state index in [0.717, 1.165) is 12.8 Å². The molecule has 2 rings (SSSR count). The molecule has 0 aliphatic heterocycles. The highest BCUT2D eigenvalue weighted by Gasteiger charge is 2.32. The third-order valence-electron chi connectivity index (χ3n) is 3.34. The van der Waals surface area contributed by atoms with Gasteiger partial charge in [0.05, 0.1) is 22.6 Å². The Hall–Kier alpha value is -1.84. The van der Waals surface area contributed by atoms with Gasteiger partial charge in [0.25, 0.3) is 0 Å². The molecular formula is C14H16ClN3O3. The van der Waals surface area contributed by atoms with E-state index in [1.165, 1.54) is 18.2 Å². The van der Waals surface area contributed by atoms with E-state index in [9.17, 15) is 15.4 Å². The predicted octanol–water partition coefficient (Wildman–Crippen LogP) is 3.05. The first kappa shape index (κ1) is 15.5. The summed E-state index contributed by atoms with van der Waals surface area (Å²) >= 11 is 5.94. The number of rotatable bonds is 7. The van der Waals surface area contributed by atoms with Crippen molar-refractivity contribution < 1.29 is 9.66 Å². The molecule has 7 heteroatoms. The van der Waals surface area contributed by atoms with Gasteiger partial charge in [-0.15, -0.1) is 0 Å². The molecule has 1 aliphatic carbocycles. The minimum atomic E-state index is -0.697. The highest BCUT2D eigenvalue weighted by Crippen LogP contribution is 2.34. The maximum atomic E-state index is 10.9. The van der Waals surface area contributed by atoms with Gasteiger partial charge >= 0.3 is 5.69 Å². The summed E-state index contributed by atoms with van der Waals surface area (Å²) in [4.78, 5) is 10.4. The van der Waals surface area contributed by atoms with Crippen LogP contribution >= 0.6 is 11.6 Å². The molecule has 112 valence electrons. The van der Waals surface area contributed by atoms with E-state index < -0.39 is 10.5 Å². The van der Waals surface area contributed by atoms with Gasteiger partial charge in [-0.05, 0) is 25.8 Å². The summed E-state index contributed by atoms with van der Waals surface area (Å²) in [5.41, 5.74) is -0.867. The van der Waals surface area contributed by atoms with Crippen LogP contribution in [0.5, 0.6) is 5.75 Å². The lowest BCUT2D eigenvalue weighted by Crippen LogP contribution is -2.43. The smallest absolute Gasteiger partial charge is 0.312 e. The molecule has 0 heterocycles. The summed E-state index contributed by atoms with van der Waals surface area (Å²) in [5, 5.41) is 23.6. The minimum absolute atomic E-state index is 0.0517. The Bertz CT molecular complexity index is 583. The molecule has 1 aromatic rings. The Kier molecular flexibility index (Phi) is 4.66. The lowest BCUT2D eigenvalue weighted by molar-refractivity contribution is -0.385. The average molecular weight is 310 g/mol. The third-order valence-corrected chi connectivity index (χ3v) is 3.64. The number of para-hydroxylation sites is 1. The number of hydrogen-bond acceptors (Lipinski definition) is 5. The molecule has 1 N–H and O–H groups in total. The number of nitriles is 1. The van der Waals surface area contributed by atoms with Crippen molar-refractivity contribution in [2.75, 3.05) is 6.61 Å². The number of nitro benzene ring substituents is 1. The molecule has 1 fully saturated rings. The second-order valence-corrected chi connectivity index (χ2v) is 5.71.